The summed E-state index contributed by atoms with van der Waals surface area (Å²) in [5, 5.41) is 5.81. The Kier molecular flexibility index (Phi) is 8.96. The molecule has 6 heteroatoms. The fourth-order valence-corrected chi connectivity index (χ4v) is 2.52. The van der Waals surface area contributed by atoms with E-state index in [2.05, 4.69) is 10.6 Å². The highest BCUT2D eigenvalue weighted by atomic mass is 16.5. The summed E-state index contributed by atoms with van der Waals surface area (Å²) in [6, 6.07) is 5.39. The molecule has 0 saturated carbocycles. The molecule has 0 unspecified atom stereocenters. The Morgan fingerprint density at radius 2 is 1.50 bits per heavy atom. The van der Waals surface area contributed by atoms with Gasteiger partial charge in [0.25, 0.3) is 0 Å². The average molecular weight is 364 g/mol. The van der Waals surface area contributed by atoms with Crippen molar-refractivity contribution in [3.05, 3.63) is 23.8 Å². The number of hydrogen-bond acceptors (Lipinski definition) is 4. The van der Waals surface area contributed by atoms with Crippen LogP contribution < -0.4 is 20.1 Å². The van der Waals surface area contributed by atoms with Crippen molar-refractivity contribution in [3.63, 3.8) is 0 Å². The van der Waals surface area contributed by atoms with Crippen LogP contribution in [0, 0.1) is 11.8 Å². The summed E-state index contributed by atoms with van der Waals surface area (Å²) in [5.74, 6) is 1.43. The molecule has 0 aromatic heterocycles. The van der Waals surface area contributed by atoms with Gasteiger partial charge in [-0.25, -0.2) is 0 Å². The van der Waals surface area contributed by atoms with Gasteiger partial charge in [0.05, 0.1) is 13.7 Å². The van der Waals surface area contributed by atoms with E-state index in [9.17, 15) is 9.59 Å². The Bertz CT molecular complexity index is 575. The maximum Gasteiger partial charge on any atom is 0.222 e. The van der Waals surface area contributed by atoms with Crippen LogP contribution in [0.25, 0.3) is 0 Å². The van der Waals surface area contributed by atoms with Gasteiger partial charge in [-0.2, -0.15) is 0 Å². The number of rotatable bonds is 10. The fourth-order valence-electron chi connectivity index (χ4n) is 2.52. The lowest BCUT2D eigenvalue weighted by Gasteiger charge is -2.23. The number of benzene rings is 1. The molecular weight excluding hydrogens is 332 g/mol. The highest BCUT2D eigenvalue weighted by Gasteiger charge is 2.20. The van der Waals surface area contributed by atoms with E-state index in [0.717, 1.165) is 5.56 Å². The van der Waals surface area contributed by atoms with Crippen molar-refractivity contribution in [1.29, 1.82) is 0 Å². The Labute approximate surface area is 156 Å². The first kappa shape index (κ1) is 21.8. The molecule has 1 aromatic carbocycles. The first-order chi connectivity index (χ1) is 12.3. The average Bonchev–Trinajstić information content (AvgIpc) is 2.53. The van der Waals surface area contributed by atoms with Gasteiger partial charge in [0.1, 0.15) is 6.17 Å². The molecule has 1 rings (SSSR count). The first-order valence-corrected chi connectivity index (χ1v) is 9.16. The van der Waals surface area contributed by atoms with Crippen LogP contribution in [0.1, 0.15) is 59.2 Å². The van der Waals surface area contributed by atoms with Gasteiger partial charge < -0.3 is 20.1 Å². The third-order valence-electron chi connectivity index (χ3n) is 3.62. The molecule has 0 saturated heterocycles. The second-order valence-electron chi connectivity index (χ2n) is 7.11. The minimum Gasteiger partial charge on any atom is -0.493 e. The van der Waals surface area contributed by atoms with E-state index in [4.69, 9.17) is 9.47 Å². The van der Waals surface area contributed by atoms with Crippen molar-refractivity contribution in [2.75, 3.05) is 13.7 Å². The minimum absolute atomic E-state index is 0.109. The van der Waals surface area contributed by atoms with E-state index < -0.39 is 6.17 Å². The van der Waals surface area contributed by atoms with Crippen LogP contribution in [-0.4, -0.2) is 25.5 Å². The van der Waals surface area contributed by atoms with Crippen molar-refractivity contribution >= 4 is 11.8 Å². The molecule has 0 radical (unpaired) electrons. The van der Waals surface area contributed by atoms with Crippen LogP contribution in [-0.2, 0) is 9.59 Å². The van der Waals surface area contributed by atoms with Crippen LogP contribution in [0.3, 0.4) is 0 Å². The Hall–Kier alpha value is -2.24. The summed E-state index contributed by atoms with van der Waals surface area (Å²) >= 11 is 0. The Morgan fingerprint density at radius 3 is 1.92 bits per heavy atom. The standard InChI is InChI=1S/C20H32N2O4/c1-7-26-16-9-8-15(12-17(16)25-6)20(21-18(23)10-13(2)3)22-19(24)11-14(4)5/h8-9,12-14,20H,7,10-11H2,1-6H3,(H,21,23)(H,22,24). The van der Waals surface area contributed by atoms with Crippen molar-refractivity contribution in [1.82, 2.24) is 10.6 Å². The van der Waals surface area contributed by atoms with Gasteiger partial charge in [0.15, 0.2) is 11.5 Å². The highest BCUT2D eigenvalue weighted by Crippen LogP contribution is 2.30. The van der Waals surface area contributed by atoms with Crippen LogP contribution in [0.15, 0.2) is 18.2 Å². The molecule has 0 heterocycles. The molecule has 0 atom stereocenters. The van der Waals surface area contributed by atoms with Crippen LogP contribution in [0.2, 0.25) is 0 Å². The van der Waals surface area contributed by atoms with Crippen molar-refractivity contribution in [3.8, 4) is 11.5 Å². The number of carbonyl (C=O) groups is 2. The quantitative estimate of drug-likeness (QED) is 0.624. The van der Waals surface area contributed by atoms with E-state index in [1.165, 1.54) is 0 Å². The molecule has 2 N–H and O–H groups in total. The maximum atomic E-state index is 12.2. The van der Waals surface area contributed by atoms with Gasteiger partial charge in [-0.05, 0) is 36.5 Å². The van der Waals surface area contributed by atoms with Gasteiger partial charge >= 0.3 is 0 Å². The minimum atomic E-state index is -0.614. The van der Waals surface area contributed by atoms with Crippen molar-refractivity contribution in [2.45, 2.75) is 53.6 Å². The largest absolute Gasteiger partial charge is 0.493 e. The number of methoxy groups -OCH3 is 1. The molecule has 0 aliphatic rings. The molecule has 0 spiro atoms. The second-order valence-corrected chi connectivity index (χ2v) is 7.11. The third kappa shape index (κ3) is 7.33. The van der Waals surface area contributed by atoms with E-state index >= 15 is 0 Å². The lowest BCUT2D eigenvalue weighted by molar-refractivity contribution is -0.125. The number of ether oxygens (including phenoxy) is 2. The molecule has 0 bridgehead atoms. The zero-order chi connectivity index (χ0) is 19.7. The molecule has 0 fully saturated rings. The topological polar surface area (TPSA) is 76.7 Å². The van der Waals surface area contributed by atoms with Crippen LogP contribution in [0.4, 0.5) is 0 Å². The van der Waals surface area contributed by atoms with Crippen molar-refractivity contribution in [2.24, 2.45) is 11.8 Å². The Morgan fingerprint density at radius 1 is 0.962 bits per heavy atom. The number of hydrogen-bond donors (Lipinski definition) is 2. The zero-order valence-electron chi connectivity index (χ0n) is 16.7. The monoisotopic (exact) mass is 364 g/mol. The van der Waals surface area contributed by atoms with Crippen LogP contribution >= 0.6 is 0 Å². The number of nitrogens with one attached hydrogen (secondary N) is 2. The molecular formula is C20H32N2O4. The summed E-state index contributed by atoms with van der Waals surface area (Å²) in [6.07, 6.45) is 0.173. The van der Waals surface area contributed by atoms with Gasteiger partial charge in [0.2, 0.25) is 11.8 Å². The van der Waals surface area contributed by atoms with Gasteiger partial charge in [-0.15, -0.1) is 0 Å². The smallest absolute Gasteiger partial charge is 0.222 e. The predicted octanol–water partition coefficient (Wildman–Crippen LogP) is 3.42. The molecule has 146 valence electrons. The fraction of sp³-hybridized carbons (Fsp3) is 0.600. The van der Waals surface area contributed by atoms with E-state index in [1.807, 2.05) is 40.7 Å². The summed E-state index contributed by atoms with van der Waals surface area (Å²) in [4.78, 5) is 24.5. The molecule has 2 amide bonds. The van der Waals surface area contributed by atoms with Gasteiger partial charge in [-0.1, -0.05) is 33.8 Å². The SMILES string of the molecule is CCOc1ccc(C(NC(=O)CC(C)C)NC(=O)CC(C)C)cc1OC. The summed E-state index contributed by atoms with van der Waals surface area (Å²) < 4.78 is 10.9. The third-order valence-corrected chi connectivity index (χ3v) is 3.62. The predicted molar refractivity (Wildman–Crippen MR) is 102 cm³/mol. The number of carbonyl (C=O) groups excluding carboxylic acids is 2. The summed E-state index contributed by atoms with van der Waals surface area (Å²) in [5.41, 5.74) is 0.736. The molecule has 6 nitrogen and oxygen atoms in total. The lowest BCUT2D eigenvalue weighted by Crippen LogP contribution is -2.41. The molecule has 0 aliphatic heterocycles. The first-order valence-electron chi connectivity index (χ1n) is 9.16. The Balaban J connectivity index is 3.05. The lowest BCUT2D eigenvalue weighted by atomic mass is 10.1. The summed E-state index contributed by atoms with van der Waals surface area (Å²) in [6.45, 7) is 10.3. The van der Waals surface area contributed by atoms with Crippen LogP contribution in [0.5, 0.6) is 11.5 Å². The molecule has 0 aliphatic carbocycles. The maximum absolute atomic E-state index is 12.2. The van der Waals surface area contributed by atoms with E-state index in [1.54, 1.807) is 19.2 Å². The zero-order valence-corrected chi connectivity index (χ0v) is 16.7. The van der Waals surface area contributed by atoms with Gasteiger partial charge in [0, 0.05) is 12.8 Å². The normalized spacial score (nSPS) is 11.0. The molecule has 26 heavy (non-hydrogen) atoms. The van der Waals surface area contributed by atoms with Gasteiger partial charge in [-0.3, -0.25) is 9.59 Å². The molecule has 1 aromatic rings. The second kappa shape index (κ2) is 10.7. The van der Waals surface area contributed by atoms with E-state index in [0.29, 0.717) is 30.9 Å². The number of amides is 2. The highest BCUT2D eigenvalue weighted by molar-refractivity contribution is 5.79. The van der Waals surface area contributed by atoms with Crippen molar-refractivity contribution < 1.29 is 19.1 Å². The summed E-state index contributed by atoms with van der Waals surface area (Å²) in [7, 11) is 1.56. The van der Waals surface area contributed by atoms with E-state index in [-0.39, 0.29) is 23.7 Å².